The van der Waals surface area contributed by atoms with E-state index >= 15 is 0 Å². The van der Waals surface area contributed by atoms with E-state index in [4.69, 9.17) is 0 Å². The zero-order valence-corrected chi connectivity index (χ0v) is 9.88. The lowest BCUT2D eigenvalue weighted by atomic mass is 10.1. The van der Waals surface area contributed by atoms with Crippen molar-refractivity contribution < 1.29 is 4.39 Å². The van der Waals surface area contributed by atoms with E-state index in [0.717, 1.165) is 17.4 Å². The number of halogens is 1. The van der Waals surface area contributed by atoms with Crippen LogP contribution in [0.15, 0.2) is 24.3 Å². The maximum atomic E-state index is 13.1. The Kier molecular flexibility index (Phi) is 2.85. The number of fused-ring (bicyclic) bond motifs is 1. The number of hydrogen-bond acceptors (Lipinski definition) is 1. The van der Waals surface area contributed by atoms with Gasteiger partial charge in [0.15, 0.2) is 0 Å². The van der Waals surface area contributed by atoms with Gasteiger partial charge in [0.2, 0.25) is 0 Å². The van der Waals surface area contributed by atoms with E-state index < -0.39 is 0 Å². The maximum Gasteiger partial charge on any atom is 0.125 e. The van der Waals surface area contributed by atoms with Gasteiger partial charge in [0.05, 0.1) is 0 Å². The van der Waals surface area contributed by atoms with Crippen LogP contribution in [0, 0.1) is 5.82 Å². The fraction of sp³-hybridized carbons (Fsp3) is 0.429. The second kappa shape index (κ2) is 4.49. The van der Waals surface area contributed by atoms with Crippen molar-refractivity contribution >= 4 is 10.9 Å². The normalized spacial score (nSPS) is 17.7. The Bertz CT molecular complexity index is 512. The first-order chi connectivity index (χ1) is 8.31. The summed E-state index contributed by atoms with van der Waals surface area (Å²) in [5.74, 6) is -0.177. The van der Waals surface area contributed by atoms with Crippen LogP contribution in [0.4, 0.5) is 4.39 Å². The van der Waals surface area contributed by atoms with Crippen molar-refractivity contribution in [1.82, 2.24) is 9.88 Å². The minimum Gasteiger partial charge on any atom is -0.357 e. The maximum absolute atomic E-state index is 13.1. The van der Waals surface area contributed by atoms with Gasteiger partial charge in [-0.05, 0) is 55.6 Å². The average Bonchev–Trinajstić information content (AvgIpc) is 2.71. The summed E-state index contributed by atoms with van der Waals surface area (Å²) in [6.07, 6.45) is 3.96. The molecule has 2 aromatic rings. The molecule has 1 aromatic carbocycles. The van der Waals surface area contributed by atoms with Crippen molar-refractivity contribution in [2.45, 2.75) is 25.8 Å². The molecular formula is C14H17FN2. The van der Waals surface area contributed by atoms with Crippen LogP contribution in [0.25, 0.3) is 10.9 Å². The van der Waals surface area contributed by atoms with Gasteiger partial charge in [0, 0.05) is 17.8 Å². The second-order valence-corrected chi connectivity index (χ2v) is 4.86. The number of hydrogen-bond donors (Lipinski definition) is 1. The van der Waals surface area contributed by atoms with E-state index in [0.29, 0.717) is 0 Å². The van der Waals surface area contributed by atoms with Crippen molar-refractivity contribution in [2.24, 2.45) is 0 Å². The summed E-state index contributed by atoms with van der Waals surface area (Å²) >= 11 is 0. The summed E-state index contributed by atoms with van der Waals surface area (Å²) in [6.45, 7) is 3.32. The van der Waals surface area contributed by atoms with Gasteiger partial charge in [-0.3, -0.25) is 4.90 Å². The molecule has 1 fully saturated rings. The van der Waals surface area contributed by atoms with Gasteiger partial charge in [-0.25, -0.2) is 4.39 Å². The van der Waals surface area contributed by atoms with Crippen molar-refractivity contribution in [3.8, 4) is 0 Å². The number of likely N-dealkylation sites (tertiary alicyclic amines) is 1. The Labute approximate surface area is 100 Å². The predicted molar refractivity (Wildman–Crippen MR) is 67.4 cm³/mol. The summed E-state index contributed by atoms with van der Waals surface area (Å²) in [5.41, 5.74) is 2.09. The van der Waals surface area contributed by atoms with Gasteiger partial charge in [-0.1, -0.05) is 6.42 Å². The molecule has 0 radical (unpaired) electrons. The summed E-state index contributed by atoms with van der Waals surface area (Å²) in [7, 11) is 0. The molecule has 1 saturated heterocycles. The fourth-order valence-electron chi connectivity index (χ4n) is 2.60. The van der Waals surface area contributed by atoms with Crippen LogP contribution >= 0.6 is 0 Å². The quantitative estimate of drug-likeness (QED) is 0.841. The minimum absolute atomic E-state index is 0.177. The van der Waals surface area contributed by atoms with Gasteiger partial charge >= 0.3 is 0 Å². The van der Waals surface area contributed by atoms with Crippen molar-refractivity contribution in [2.75, 3.05) is 13.1 Å². The molecule has 0 aliphatic carbocycles. The molecule has 3 heteroatoms. The minimum atomic E-state index is -0.177. The molecular weight excluding hydrogens is 215 g/mol. The van der Waals surface area contributed by atoms with Crippen molar-refractivity contribution in [1.29, 1.82) is 0 Å². The number of nitrogens with zero attached hydrogens (tertiary/aromatic N) is 1. The summed E-state index contributed by atoms with van der Waals surface area (Å²) in [6, 6.07) is 7.04. The number of benzene rings is 1. The highest BCUT2D eigenvalue weighted by Crippen LogP contribution is 2.19. The van der Waals surface area contributed by atoms with E-state index in [1.165, 1.54) is 44.1 Å². The SMILES string of the molecule is Fc1ccc2cc(CN3CCCCC3)[nH]c2c1. The topological polar surface area (TPSA) is 19.0 Å². The number of piperidine rings is 1. The van der Waals surface area contributed by atoms with Gasteiger partial charge < -0.3 is 4.98 Å². The van der Waals surface area contributed by atoms with E-state index in [1.54, 1.807) is 6.07 Å². The molecule has 0 amide bonds. The molecule has 3 rings (SSSR count). The summed E-state index contributed by atoms with van der Waals surface area (Å²) < 4.78 is 13.1. The molecule has 17 heavy (non-hydrogen) atoms. The zero-order valence-electron chi connectivity index (χ0n) is 9.88. The average molecular weight is 232 g/mol. The predicted octanol–water partition coefficient (Wildman–Crippen LogP) is 3.29. The summed E-state index contributed by atoms with van der Waals surface area (Å²) in [4.78, 5) is 5.76. The van der Waals surface area contributed by atoms with E-state index in [2.05, 4.69) is 16.0 Å². The Morgan fingerprint density at radius 2 is 1.94 bits per heavy atom. The molecule has 1 N–H and O–H groups in total. The number of aromatic amines is 1. The fourth-order valence-corrected chi connectivity index (χ4v) is 2.60. The summed E-state index contributed by atoms with van der Waals surface area (Å²) in [5, 5.41) is 1.10. The highest BCUT2D eigenvalue weighted by Gasteiger charge is 2.11. The molecule has 0 unspecified atom stereocenters. The smallest absolute Gasteiger partial charge is 0.125 e. The van der Waals surface area contributed by atoms with Gasteiger partial charge in [0.1, 0.15) is 5.82 Å². The lowest BCUT2D eigenvalue weighted by Crippen LogP contribution is -2.29. The molecule has 0 bridgehead atoms. The second-order valence-electron chi connectivity index (χ2n) is 4.86. The molecule has 1 aromatic heterocycles. The molecule has 0 spiro atoms. The third kappa shape index (κ3) is 2.34. The molecule has 1 aliphatic rings. The highest BCUT2D eigenvalue weighted by atomic mass is 19.1. The van der Waals surface area contributed by atoms with Crippen molar-refractivity contribution in [3.05, 3.63) is 35.8 Å². The number of rotatable bonds is 2. The first kappa shape index (κ1) is 10.8. The first-order valence-corrected chi connectivity index (χ1v) is 6.31. The van der Waals surface area contributed by atoms with E-state index in [1.807, 2.05) is 6.07 Å². The Morgan fingerprint density at radius 3 is 2.76 bits per heavy atom. The molecule has 2 heterocycles. The van der Waals surface area contributed by atoms with Gasteiger partial charge in [-0.15, -0.1) is 0 Å². The highest BCUT2D eigenvalue weighted by molar-refractivity contribution is 5.80. The van der Waals surface area contributed by atoms with Crippen LogP contribution in [0.3, 0.4) is 0 Å². The van der Waals surface area contributed by atoms with Gasteiger partial charge in [-0.2, -0.15) is 0 Å². The van der Waals surface area contributed by atoms with E-state index in [9.17, 15) is 4.39 Å². The number of aromatic nitrogens is 1. The molecule has 2 nitrogen and oxygen atoms in total. The number of nitrogens with one attached hydrogen (secondary N) is 1. The Hall–Kier alpha value is -1.35. The Morgan fingerprint density at radius 1 is 1.12 bits per heavy atom. The van der Waals surface area contributed by atoms with Gasteiger partial charge in [0.25, 0.3) is 0 Å². The van der Waals surface area contributed by atoms with Crippen LogP contribution < -0.4 is 0 Å². The zero-order chi connectivity index (χ0) is 11.7. The van der Waals surface area contributed by atoms with Crippen LogP contribution in [-0.4, -0.2) is 23.0 Å². The van der Waals surface area contributed by atoms with Crippen molar-refractivity contribution in [3.63, 3.8) is 0 Å². The standard InChI is InChI=1S/C14H17FN2/c15-12-5-4-11-8-13(16-14(11)9-12)10-17-6-2-1-3-7-17/h4-5,8-9,16H,1-3,6-7,10H2. The van der Waals surface area contributed by atoms with Crippen LogP contribution in [0.2, 0.25) is 0 Å². The third-order valence-corrected chi connectivity index (χ3v) is 3.48. The number of H-pyrrole nitrogens is 1. The lowest BCUT2D eigenvalue weighted by Gasteiger charge is -2.25. The molecule has 1 aliphatic heterocycles. The molecule has 90 valence electrons. The third-order valence-electron chi connectivity index (χ3n) is 3.48. The Balaban J connectivity index is 1.80. The largest absolute Gasteiger partial charge is 0.357 e. The monoisotopic (exact) mass is 232 g/mol. The molecule has 0 saturated carbocycles. The van der Waals surface area contributed by atoms with E-state index in [-0.39, 0.29) is 5.82 Å². The molecule has 0 atom stereocenters. The van der Waals surface area contributed by atoms with Crippen LogP contribution in [0.1, 0.15) is 25.0 Å². The first-order valence-electron chi connectivity index (χ1n) is 6.31. The lowest BCUT2D eigenvalue weighted by molar-refractivity contribution is 0.219. The van der Waals surface area contributed by atoms with Crippen LogP contribution in [0.5, 0.6) is 0 Å². The van der Waals surface area contributed by atoms with Crippen LogP contribution in [-0.2, 0) is 6.54 Å².